The molecule has 35 heavy (non-hydrogen) atoms. The molecular formula is C27H32N4O4. The number of aryl methyl sites for hydroxylation is 2. The number of pyridine rings is 1. The van der Waals surface area contributed by atoms with Gasteiger partial charge in [0.1, 0.15) is 5.65 Å². The lowest BCUT2D eigenvalue weighted by atomic mass is 10.1. The molecule has 8 nitrogen and oxygen atoms in total. The van der Waals surface area contributed by atoms with Gasteiger partial charge in [-0.3, -0.25) is 4.79 Å². The highest BCUT2D eigenvalue weighted by atomic mass is 16.5. The third-order valence-corrected chi connectivity index (χ3v) is 6.36. The molecule has 2 N–H and O–H groups in total. The maximum absolute atomic E-state index is 13.1. The molecule has 1 amide bonds. The number of hydrogen-bond donors (Lipinski definition) is 2. The van der Waals surface area contributed by atoms with Crippen LogP contribution in [0.1, 0.15) is 36.3 Å². The van der Waals surface area contributed by atoms with Gasteiger partial charge < -0.3 is 24.7 Å². The van der Waals surface area contributed by atoms with E-state index in [4.69, 9.17) is 14.5 Å². The molecule has 0 bridgehead atoms. The first-order valence-corrected chi connectivity index (χ1v) is 11.9. The van der Waals surface area contributed by atoms with E-state index in [2.05, 4.69) is 10.6 Å². The van der Waals surface area contributed by atoms with Crippen LogP contribution in [0.15, 0.2) is 54.2 Å². The van der Waals surface area contributed by atoms with Gasteiger partial charge in [0.05, 0.1) is 37.2 Å². The molecule has 1 aromatic carbocycles. The monoisotopic (exact) mass is 476 g/mol. The fourth-order valence-corrected chi connectivity index (χ4v) is 4.17. The van der Waals surface area contributed by atoms with Gasteiger partial charge in [-0.15, -0.1) is 0 Å². The lowest BCUT2D eigenvalue weighted by molar-refractivity contribution is -0.119. The van der Waals surface area contributed by atoms with Crippen LogP contribution < -0.4 is 10.6 Å². The Hall–Kier alpha value is -3.65. The van der Waals surface area contributed by atoms with Crippen molar-refractivity contribution in [2.75, 3.05) is 37.5 Å². The van der Waals surface area contributed by atoms with E-state index in [0.29, 0.717) is 61.6 Å². The third-order valence-electron chi connectivity index (χ3n) is 6.36. The van der Waals surface area contributed by atoms with Crippen LogP contribution in [0.25, 0.3) is 11.0 Å². The number of amides is 1. The molecule has 8 heteroatoms. The Kier molecular flexibility index (Phi) is 7.82. The summed E-state index contributed by atoms with van der Waals surface area (Å²) in [6.07, 6.45) is 5.14. The van der Waals surface area contributed by atoms with Crippen LogP contribution in [-0.2, 0) is 27.2 Å². The Labute approximate surface area is 205 Å². The molecule has 4 rings (SSSR count). The number of nitrogens with one attached hydrogen (secondary N) is 2. The predicted octanol–water partition coefficient (Wildman–Crippen LogP) is 4.42. The summed E-state index contributed by atoms with van der Waals surface area (Å²) in [6, 6.07) is 12.0. The standard InChI is InChI=1S/C27H32N4O4/c1-4-18(2)15-28-21-14-22-23(30-26(32)20-11-13-35-17-20)24(27(33)34-3)31(25(22)29-16-21)12-10-19-8-6-5-7-9-19/h4-9,14,16,20,28H,10-13,15,17H2,1-3H3,(H,30,32). The Morgan fingerprint density at radius 3 is 2.77 bits per heavy atom. The first-order chi connectivity index (χ1) is 17.0. The molecular weight excluding hydrogens is 444 g/mol. The summed E-state index contributed by atoms with van der Waals surface area (Å²) in [6.45, 7) is 6.15. The van der Waals surface area contributed by atoms with Crippen LogP contribution in [0.5, 0.6) is 0 Å². The van der Waals surface area contributed by atoms with E-state index in [1.54, 1.807) is 6.20 Å². The number of aromatic nitrogens is 2. The number of ether oxygens (including phenoxy) is 2. The van der Waals surface area contributed by atoms with Crippen LogP contribution >= 0.6 is 0 Å². The number of allylic oxidation sites excluding steroid dienone is 1. The Morgan fingerprint density at radius 1 is 1.29 bits per heavy atom. The topological polar surface area (TPSA) is 94.5 Å². The van der Waals surface area contributed by atoms with Gasteiger partial charge in [0.25, 0.3) is 0 Å². The van der Waals surface area contributed by atoms with E-state index in [1.165, 1.54) is 12.7 Å². The average molecular weight is 477 g/mol. The van der Waals surface area contributed by atoms with Gasteiger partial charge >= 0.3 is 5.97 Å². The number of hydrogen-bond acceptors (Lipinski definition) is 6. The molecule has 2 aromatic heterocycles. The minimum Gasteiger partial charge on any atom is -0.464 e. The number of rotatable bonds is 9. The van der Waals surface area contributed by atoms with Gasteiger partial charge in [-0.1, -0.05) is 42.0 Å². The molecule has 1 fully saturated rings. The Bertz CT molecular complexity index is 1230. The molecule has 184 valence electrons. The van der Waals surface area contributed by atoms with Gasteiger partial charge in [-0.05, 0) is 38.3 Å². The van der Waals surface area contributed by atoms with Crippen molar-refractivity contribution in [3.8, 4) is 0 Å². The second-order valence-corrected chi connectivity index (χ2v) is 8.74. The molecule has 1 aliphatic heterocycles. The second-order valence-electron chi connectivity index (χ2n) is 8.74. The predicted molar refractivity (Wildman–Crippen MR) is 137 cm³/mol. The molecule has 0 aliphatic carbocycles. The highest BCUT2D eigenvalue weighted by molar-refractivity contribution is 6.11. The summed E-state index contributed by atoms with van der Waals surface area (Å²) < 4.78 is 12.4. The summed E-state index contributed by atoms with van der Waals surface area (Å²) in [5, 5.41) is 7.07. The van der Waals surface area contributed by atoms with Crippen LogP contribution in [0.3, 0.4) is 0 Å². The van der Waals surface area contributed by atoms with E-state index < -0.39 is 5.97 Å². The Morgan fingerprint density at radius 2 is 2.09 bits per heavy atom. The molecule has 0 radical (unpaired) electrons. The highest BCUT2D eigenvalue weighted by Gasteiger charge is 2.29. The zero-order valence-corrected chi connectivity index (χ0v) is 20.5. The fraction of sp³-hybridized carbons (Fsp3) is 0.370. The SMILES string of the molecule is CC=C(C)CNc1cnc2c(c1)c(NC(=O)C1CCOC1)c(C(=O)OC)n2CCc1ccccc1. The van der Waals surface area contributed by atoms with Crippen LogP contribution in [-0.4, -0.2) is 48.3 Å². The van der Waals surface area contributed by atoms with E-state index in [1.807, 2.05) is 60.9 Å². The van der Waals surface area contributed by atoms with Crippen molar-refractivity contribution in [2.24, 2.45) is 5.92 Å². The summed E-state index contributed by atoms with van der Waals surface area (Å²) in [4.78, 5) is 30.8. The summed E-state index contributed by atoms with van der Waals surface area (Å²) >= 11 is 0. The maximum Gasteiger partial charge on any atom is 0.356 e. The summed E-state index contributed by atoms with van der Waals surface area (Å²) in [5.41, 5.74) is 4.47. The number of nitrogens with zero attached hydrogens (tertiary/aromatic N) is 2. The second kappa shape index (κ2) is 11.2. The van der Waals surface area contributed by atoms with Crippen molar-refractivity contribution in [3.63, 3.8) is 0 Å². The van der Waals surface area contributed by atoms with E-state index in [-0.39, 0.29) is 11.8 Å². The van der Waals surface area contributed by atoms with Crippen molar-refractivity contribution in [3.05, 3.63) is 65.5 Å². The van der Waals surface area contributed by atoms with Crippen molar-refractivity contribution in [2.45, 2.75) is 33.2 Å². The number of benzene rings is 1. The number of fused-ring (bicyclic) bond motifs is 1. The van der Waals surface area contributed by atoms with Crippen molar-refractivity contribution in [1.29, 1.82) is 0 Å². The molecule has 3 aromatic rings. The lowest BCUT2D eigenvalue weighted by Crippen LogP contribution is -2.24. The minimum absolute atomic E-state index is 0.169. The quantitative estimate of drug-likeness (QED) is 0.351. The third kappa shape index (κ3) is 5.54. The molecule has 0 saturated carbocycles. The molecule has 1 atom stereocenters. The number of methoxy groups -OCH3 is 1. The molecule has 1 aliphatic rings. The number of esters is 1. The minimum atomic E-state index is -0.520. The molecule has 3 heterocycles. The van der Waals surface area contributed by atoms with E-state index >= 15 is 0 Å². The van der Waals surface area contributed by atoms with Gasteiger partial charge in [0.2, 0.25) is 5.91 Å². The largest absolute Gasteiger partial charge is 0.464 e. The van der Waals surface area contributed by atoms with Crippen molar-refractivity contribution < 1.29 is 19.1 Å². The number of carbonyl (C=O) groups is 2. The van der Waals surface area contributed by atoms with Crippen molar-refractivity contribution >= 4 is 34.3 Å². The molecule has 0 spiro atoms. The normalized spacial score (nSPS) is 15.9. The average Bonchev–Trinajstić information content (AvgIpc) is 3.53. The number of anilines is 2. The van der Waals surface area contributed by atoms with Crippen LogP contribution in [0.4, 0.5) is 11.4 Å². The van der Waals surface area contributed by atoms with E-state index in [0.717, 1.165) is 11.3 Å². The van der Waals surface area contributed by atoms with Gasteiger partial charge in [0, 0.05) is 25.1 Å². The molecule has 1 unspecified atom stereocenters. The number of carbonyl (C=O) groups excluding carboxylic acids is 2. The zero-order valence-electron chi connectivity index (χ0n) is 20.5. The summed E-state index contributed by atoms with van der Waals surface area (Å²) in [7, 11) is 1.35. The van der Waals surface area contributed by atoms with Crippen LogP contribution in [0.2, 0.25) is 0 Å². The lowest BCUT2D eigenvalue weighted by Gasteiger charge is -2.12. The van der Waals surface area contributed by atoms with Crippen molar-refractivity contribution in [1.82, 2.24) is 9.55 Å². The maximum atomic E-state index is 13.1. The van der Waals surface area contributed by atoms with Gasteiger partial charge in [-0.2, -0.15) is 0 Å². The van der Waals surface area contributed by atoms with Gasteiger partial charge in [0.15, 0.2) is 5.69 Å². The zero-order chi connectivity index (χ0) is 24.8. The van der Waals surface area contributed by atoms with E-state index in [9.17, 15) is 9.59 Å². The Balaban J connectivity index is 1.78. The smallest absolute Gasteiger partial charge is 0.356 e. The fourth-order valence-electron chi connectivity index (χ4n) is 4.17. The molecule has 1 saturated heterocycles. The van der Waals surface area contributed by atoms with Gasteiger partial charge in [-0.25, -0.2) is 9.78 Å². The first kappa shape index (κ1) is 24.5. The van der Waals surface area contributed by atoms with Crippen LogP contribution in [0, 0.1) is 5.92 Å². The summed E-state index contributed by atoms with van der Waals surface area (Å²) in [5.74, 6) is -0.944. The highest BCUT2D eigenvalue weighted by Crippen LogP contribution is 2.33. The first-order valence-electron chi connectivity index (χ1n) is 11.9.